The zero-order chi connectivity index (χ0) is 18.0. The number of alkyl halides is 3. The van der Waals surface area contributed by atoms with Crippen molar-refractivity contribution in [1.29, 1.82) is 0 Å². The second-order valence-corrected chi connectivity index (χ2v) is 5.94. The number of pyridine rings is 1. The fourth-order valence-corrected chi connectivity index (χ4v) is 2.62. The van der Waals surface area contributed by atoms with Gasteiger partial charge in [0.05, 0.1) is 18.0 Å². The molecule has 0 radical (unpaired) electrons. The second-order valence-electron chi connectivity index (χ2n) is 5.94. The van der Waals surface area contributed by atoms with Crippen LogP contribution in [0.4, 0.5) is 13.2 Å². The van der Waals surface area contributed by atoms with Crippen molar-refractivity contribution in [3.8, 4) is 0 Å². The second kappa shape index (κ2) is 6.66. The van der Waals surface area contributed by atoms with Crippen LogP contribution in [0.1, 0.15) is 23.2 Å². The maximum Gasteiger partial charge on any atom is 0.400 e. The summed E-state index contributed by atoms with van der Waals surface area (Å²) in [6.45, 7) is 1.90. The lowest BCUT2D eigenvalue weighted by Gasteiger charge is -2.30. The maximum absolute atomic E-state index is 13.3. The number of nitrogens with zero attached hydrogens (tertiary/aromatic N) is 3. The van der Waals surface area contributed by atoms with Crippen LogP contribution in [0.25, 0.3) is 0 Å². The summed E-state index contributed by atoms with van der Waals surface area (Å²) < 4.78 is 40.0. The van der Waals surface area contributed by atoms with Gasteiger partial charge in [-0.15, -0.1) is 0 Å². The van der Waals surface area contributed by atoms with Crippen molar-refractivity contribution in [2.75, 3.05) is 0 Å². The number of carbonyl (C=O) groups is 1. The SMILES string of the molecule is Cc1ccc(CN2N=C(c3ccccn3)CC(C(F)(F)F)C2=O)cc1. The van der Waals surface area contributed by atoms with Crippen molar-refractivity contribution in [3.05, 3.63) is 65.5 Å². The van der Waals surface area contributed by atoms with Gasteiger partial charge in [0, 0.05) is 12.6 Å². The first kappa shape index (κ1) is 17.1. The van der Waals surface area contributed by atoms with E-state index in [-0.39, 0.29) is 12.3 Å². The maximum atomic E-state index is 13.3. The molecule has 0 N–H and O–H groups in total. The largest absolute Gasteiger partial charge is 0.400 e. The van der Waals surface area contributed by atoms with Crippen LogP contribution in [-0.4, -0.2) is 27.8 Å². The van der Waals surface area contributed by atoms with Gasteiger partial charge < -0.3 is 0 Å². The summed E-state index contributed by atoms with van der Waals surface area (Å²) in [5, 5.41) is 5.05. The first-order chi connectivity index (χ1) is 11.8. The molecule has 25 heavy (non-hydrogen) atoms. The lowest BCUT2D eigenvalue weighted by Crippen LogP contribution is -2.45. The molecule has 1 aromatic carbocycles. The molecule has 1 aliphatic heterocycles. The Balaban J connectivity index is 1.95. The molecule has 0 spiro atoms. The molecule has 0 aliphatic carbocycles. The van der Waals surface area contributed by atoms with Crippen LogP contribution in [0, 0.1) is 12.8 Å². The molecule has 130 valence electrons. The predicted octanol–water partition coefficient (Wildman–Crippen LogP) is 3.71. The third kappa shape index (κ3) is 3.87. The van der Waals surface area contributed by atoms with Crippen molar-refractivity contribution in [2.24, 2.45) is 11.0 Å². The van der Waals surface area contributed by atoms with E-state index in [1.807, 2.05) is 19.1 Å². The fourth-order valence-electron chi connectivity index (χ4n) is 2.62. The number of aryl methyl sites for hydroxylation is 1. The molecule has 2 heterocycles. The molecule has 0 saturated heterocycles. The number of hydrogen-bond donors (Lipinski definition) is 0. The van der Waals surface area contributed by atoms with Gasteiger partial charge in [0.1, 0.15) is 5.92 Å². The van der Waals surface area contributed by atoms with Crippen molar-refractivity contribution in [1.82, 2.24) is 9.99 Å². The molecule has 1 aliphatic rings. The van der Waals surface area contributed by atoms with Gasteiger partial charge in [-0.3, -0.25) is 9.78 Å². The minimum absolute atomic E-state index is 0.0119. The molecule has 0 saturated carbocycles. The summed E-state index contributed by atoms with van der Waals surface area (Å²) in [4.78, 5) is 16.4. The van der Waals surface area contributed by atoms with Crippen LogP contribution in [0.15, 0.2) is 53.8 Å². The standard InChI is InChI=1S/C18H16F3N3O/c1-12-5-7-13(8-6-12)11-24-17(25)14(18(19,20)21)10-16(23-24)15-4-2-3-9-22-15/h2-9,14H,10-11H2,1H3. The molecule has 1 unspecified atom stereocenters. The van der Waals surface area contributed by atoms with Crippen molar-refractivity contribution >= 4 is 11.6 Å². The highest BCUT2D eigenvalue weighted by atomic mass is 19.4. The molecule has 0 bridgehead atoms. The summed E-state index contributed by atoms with van der Waals surface area (Å²) in [6.07, 6.45) is -3.64. The third-order valence-electron chi connectivity index (χ3n) is 4.00. The molecule has 3 rings (SSSR count). The van der Waals surface area contributed by atoms with Crippen LogP contribution in [0.3, 0.4) is 0 Å². The summed E-state index contributed by atoms with van der Waals surface area (Å²) in [5.74, 6) is -3.14. The zero-order valence-electron chi connectivity index (χ0n) is 13.5. The van der Waals surface area contributed by atoms with Crippen LogP contribution in [0.2, 0.25) is 0 Å². The molecule has 4 nitrogen and oxygen atoms in total. The van der Waals surface area contributed by atoms with Gasteiger partial charge >= 0.3 is 6.18 Å². The van der Waals surface area contributed by atoms with Gasteiger partial charge in [-0.2, -0.15) is 18.3 Å². The van der Waals surface area contributed by atoms with Gasteiger partial charge in [-0.05, 0) is 24.6 Å². The fraction of sp³-hybridized carbons (Fsp3) is 0.278. The number of hydrazone groups is 1. The van der Waals surface area contributed by atoms with E-state index in [9.17, 15) is 18.0 Å². The van der Waals surface area contributed by atoms with Crippen LogP contribution in [0.5, 0.6) is 0 Å². The van der Waals surface area contributed by atoms with Gasteiger partial charge in [0.2, 0.25) is 0 Å². The lowest BCUT2D eigenvalue weighted by molar-refractivity contribution is -0.189. The van der Waals surface area contributed by atoms with Crippen molar-refractivity contribution in [3.63, 3.8) is 0 Å². The van der Waals surface area contributed by atoms with Gasteiger partial charge in [0.15, 0.2) is 0 Å². The average molecular weight is 347 g/mol. The van der Waals surface area contributed by atoms with Crippen molar-refractivity contribution < 1.29 is 18.0 Å². The highest BCUT2D eigenvalue weighted by Gasteiger charge is 2.49. The Bertz CT molecular complexity index is 785. The molecule has 7 heteroatoms. The van der Waals surface area contributed by atoms with Crippen LogP contribution in [-0.2, 0) is 11.3 Å². The number of carbonyl (C=O) groups excluding carboxylic acids is 1. The van der Waals surface area contributed by atoms with E-state index < -0.39 is 24.4 Å². The van der Waals surface area contributed by atoms with E-state index in [4.69, 9.17) is 0 Å². The van der Waals surface area contributed by atoms with Crippen LogP contribution >= 0.6 is 0 Å². The molecule has 1 atom stereocenters. The summed E-state index contributed by atoms with van der Waals surface area (Å²) >= 11 is 0. The minimum atomic E-state index is -4.63. The van der Waals surface area contributed by atoms with Gasteiger partial charge in [-0.1, -0.05) is 35.9 Å². The molecular formula is C18H16F3N3O. The Kier molecular flexibility index (Phi) is 4.57. The van der Waals surface area contributed by atoms with E-state index in [1.54, 1.807) is 30.3 Å². The predicted molar refractivity (Wildman–Crippen MR) is 86.7 cm³/mol. The Morgan fingerprint density at radius 1 is 1.16 bits per heavy atom. The Hall–Kier alpha value is -2.70. The van der Waals surface area contributed by atoms with E-state index in [0.29, 0.717) is 11.3 Å². The quantitative estimate of drug-likeness (QED) is 0.850. The van der Waals surface area contributed by atoms with Gasteiger partial charge in [-0.25, -0.2) is 5.01 Å². The van der Waals surface area contributed by atoms with Crippen molar-refractivity contribution in [2.45, 2.75) is 26.1 Å². The van der Waals surface area contributed by atoms with E-state index >= 15 is 0 Å². The normalized spacial score (nSPS) is 18.2. The number of benzene rings is 1. The van der Waals surface area contributed by atoms with E-state index in [1.165, 1.54) is 6.20 Å². The van der Waals surface area contributed by atoms with E-state index in [0.717, 1.165) is 10.6 Å². The van der Waals surface area contributed by atoms with E-state index in [2.05, 4.69) is 10.1 Å². The summed E-state index contributed by atoms with van der Waals surface area (Å²) in [5.41, 5.74) is 2.25. The lowest BCUT2D eigenvalue weighted by atomic mass is 9.96. The number of rotatable bonds is 3. The Labute approximate surface area is 143 Å². The Morgan fingerprint density at radius 3 is 2.48 bits per heavy atom. The monoisotopic (exact) mass is 347 g/mol. The van der Waals surface area contributed by atoms with Gasteiger partial charge in [0.25, 0.3) is 5.91 Å². The number of halogens is 3. The third-order valence-corrected chi connectivity index (χ3v) is 4.00. The number of hydrogen-bond acceptors (Lipinski definition) is 3. The topological polar surface area (TPSA) is 45.6 Å². The first-order valence-electron chi connectivity index (χ1n) is 7.77. The molecule has 1 aromatic heterocycles. The Morgan fingerprint density at radius 2 is 1.88 bits per heavy atom. The van der Waals surface area contributed by atoms with Crippen LogP contribution < -0.4 is 0 Å². The molecule has 1 amide bonds. The number of amides is 1. The average Bonchev–Trinajstić information content (AvgIpc) is 2.58. The number of aromatic nitrogens is 1. The first-order valence-corrected chi connectivity index (χ1v) is 7.77. The highest BCUT2D eigenvalue weighted by molar-refractivity contribution is 6.03. The summed E-state index contributed by atoms with van der Waals surface area (Å²) in [7, 11) is 0. The molecular weight excluding hydrogens is 331 g/mol. The molecule has 2 aromatic rings. The summed E-state index contributed by atoms with van der Waals surface area (Å²) in [6, 6.07) is 12.2. The smallest absolute Gasteiger partial charge is 0.272 e. The molecule has 0 fully saturated rings. The minimum Gasteiger partial charge on any atom is -0.272 e. The highest BCUT2D eigenvalue weighted by Crippen LogP contribution is 2.34. The zero-order valence-corrected chi connectivity index (χ0v) is 13.5.